The van der Waals surface area contributed by atoms with E-state index in [1.165, 1.54) is 12.1 Å². The highest BCUT2D eigenvalue weighted by Crippen LogP contribution is 2.35. The molecule has 1 unspecified atom stereocenters. The van der Waals surface area contributed by atoms with Crippen LogP contribution in [0.1, 0.15) is 12.5 Å². The minimum Gasteiger partial charge on any atom is -0.450 e. The van der Waals surface area contributed by atoms with Crippen LogP contribution in [0, 0.1) is 6.92 Å². The van der Waals surface area contributed by atoms with Gasteiger partial charge in [-0.15, -0.1) is 0 Å². The van der Waals surface area contributed by atoms with Crippen LogP contribution in [0.25, 0.3) is 0 Å². The van der Waals surface area contributed by atoms with Crippen LogP contribution in [0.4, 0.5) is 4.79 Å². The van der Waals surface area contributed by atoms with E-state index in [0.29, 0.717) is 0 Å². The Bertz CT molecular complexity index is 596. The fraction of sp³-hybridized carbons (Fsp3) is 0.417. The minimum absolute atomic E-state index is 0.0585. The Hall–Kier alpha value is -0.690. The van der Waals surface area contributed by atoms with E-state index < -0.39 is 25.1 Å². The molecule has 1 aromatic rings. The van der Waals surface area contributed by atoms with Crippen LogP contribution in [-0.2, 0) is 14.6 Å². The van der Waals surface area contributed by atoms with Crippen LogP contribution in [-0.4, -0.2) is 30.3 Å². The summed E-state index contributed by atoms with van der Waals surface area (Å²) in [6, 6.07) is 5.96. The zero-order valence-electron chi connectivity index (χ0n) is 11.3. The molecule has 0 radical (unpaired) electrons. The van der Waals surface area contributed by atoms with Gasteiger partial charge in [0.2, 0.25) is 13.6 Å². The number of halogens is 3. The van der Waals surface area contributed by atoms with E-state index in [9.17, 15) is 13.2 Å². The van der Waals surface area contributed by atoms with Gasteiger partial charge >= 0.3 is 6.09 Å². The Morgan fingerprint density at radius 1 is 1.29 bits per heavy atom. The van der Waals surface area contributed by atoms with Gasteiger partial charge in [0.15, 0.2) is 5.37 Å². The lowest BCUT2D eigenvalue weighted by Crippen LogP contribution is -2.49. The van der Waals surface area contributed by atoms with E-state index in [4.69, 9.17) is 34.8 Å². The van der Waals surface area contributed by atoms with Gasteiger partial charge in [0.25, 0.3) is 0 Å². The molecule has 0 aliphatic rings. The van der Waals surface area contributed by atoms with Crippen molar-refractivity contribution in [2.75, 3.05) is 6.61 Å². The van der Waals surface area contributed by atoms with Gasteiger partial charge in [-0.25, -0.2) is 13.2 Å². The highest BCUT2D eigenvalue weighted by Gasteiger charge is 2.45. The summed E-state index contributed by atoms with van der Waals surface area (Å²) in [5.41, 5.74) is 0.873. The number of alkyl halides is 3. The molecule has 0 aromatic heterocycles. The second kappa shape index (κ2) is 7.05. The SMILES string of the molecule is CCOC(=O)NC(C(Cl)(Cl)Cl)S(=O)(=O)c1ccc(C)cc1. The van der Waals surface area contributed by atoms with Gasteiger partial charge in [0.1, 0.15) is 0 Å². The predicted octanol–water partition coefficient (Wildman–Crippen LogP) is 3.21. The number of hydrogen-bond acceptors (Lipinski definition) is 4. The normalized spacial score (nSPS) is 13.6. The Labute approximate surface area is 138 Å². The summed E-state index contributed by atoms with van der Waals surface area (Å²) in [4.78, 5) is 11.4. The average Bonchev–Trinajstić information content (AvgIpc) is 2.35. The molecule has 5 nitrogen and oxygen atoms in total. The number of amides is 1. The monoisotopic (exact) mass is 373 g/mol. The van der Waals surface area contributed by atoms with Gasteiger partial charge in [-0.3, -0.25) is 0 Å². The average molecular weight is 375 g/mol. The smallest absolute Gasteiger partial charge is 0.408 e. The molecule has 1 atom stereocenters. The first kappa shape index (κ1) is 18.4. The van der Waals surface area contributed by atoms with Gasteiger partial charge in [0, 0.05) is 0 Å². The van der Waals surface area contributed by atoms with Crippen molar-refractivity contribution >= 4 is 50.7 Å². The standard InChI is InChI=1S/C12H14Cl3NO4S/c1-3-20-11(17)16-10(12(13,14)15)21(18,19)9-6-4-8(2)5-7-9/h4-7,10H,3H2,1-2H3,(H,16,17). The molecular weight excluding hydrogens is 361 g/mol. The maximum absolute atomic E-state index is 12.5. The van der Waals surface area contributed by atoms with E-state index in [0.717, 1.165) is 5.56 Å². The molecule has 0 heterocycles. The van der Waals surface area contributed by atoms with Gasteiger partial charge in [-0.2, -0.15) is 0 Å². The Balaban J connectivity index is 3.18. The molecule has 1 rings (SSSR count). The molecule has 118 valence electrons. The van der Waals surface area contributed by atoms with Crippen LogP contribution < -0.4 is 5.32 Å². The minimum atomic E-state index is -4.10. The number of nitrogens with one attached hydrogen (secondary N) is 1. The molecule has 0 spiro atoms. The first-order valence-electron chi connectivity index (χ1n) is 5.89. The molecular formula is C12H14Cl3NO4S. The highest BCUT2D eigenvalue weighted by molar-refractivity contribution is 7.92. The first-order valence-corrected chi connectivity index (χ1v) is 8.57. The van der Waals surface area contributed by atoms with Crippen molar-refractivity contribution in [1.29, 1.82) is 0 Å². The number of ether oxygens (including phenoxy) is 1. The zero-order valence-corrected chi connectivity index (χ0v) is 14.4. The summed E-state index contributed by atoms with van der Waals surface area (Å²) in [5.74, 6) is 0. The van der Waals surface area contributed by atoms with E-state index >= 15 is 0 Å². The summed E-state index contributed by atoms with van der Waals surface area (Å²) >= 11 is 17.1. The first-order chi connectivity index (χ1) is 9.59. The highest BCUT2D eigenvalue weighted by atomic mass is 35.6. The number of alkyl carbamates (subject to hydrolysis) is 1. The quantitative estimate of drug-likeness (QED) is 0.821. The van der Waals surface area contributed by atoms with Crippen molar-refractivity contribution in [2.24, 2.45) is 0 Å². The third kappa shape index (κ3) is 4.92. The van der Waals surface area contributed by atoms with E-state index in [1.807, 2.05) is 0 Å². The molecule has 21 heavy (non-hydrogen) atoms. The number of sulfone groups is 1. The molecule has 1 aromatic carbocycles. The van der Waals surface area contributed by atoms with E-state index in [1.54, 1.807) is 26.0 Å². The summed E-state index contributed by atoms with van der Waals surface area (Å²) in [6.07, 6.45) is -0.982. The van der Waals surface area contributed by atoms with Crippen LogP contribution in [0.3, 0.4) is 0 Å². The molecule has 0 aliphatic heterocycles. The summed E-state index contributed by atoms with van der Waals surface area (Å²) in [6.45, 7) is 3.43. The van der Waals surface area contributed by atoms with Crippen molar-refractivity contribution in [2.45, 2.75) is 27.9 Å². The molecule has 9 heteroatoms. The fourth-order valence-corrected chi connectivity index (χ4v) is 4.09. The van der Waals surface area contributed by atoms with Crippen LogP contribution in [0.5, 0.6) is 0 Å². The lowest BCUT2D eigenvalue weighted by molar-refractivity contribution is 0.151. The number of hydrogen-bond donors (Lipinski definition) is 1. The van der Waals surface area contributed by atoms with Gasteiger partial charge in [-0.1, -0.05) is 52.5 Å². The number of carbonyl (C=O) groups is 1. The molecule has 0 aliphatic carbocycles. The Morgan fingerprint density at radius 2 is 1.81 bits per heavy atom. The maximum atomic E-state index is 12.5. The van der Waals surface area contributed by atoms with Gasteiger partial charge in [0.05, 0.1) is 11.5 Å². The topological polar surface area (TPSA) is 72.5 Å². The lowest BCUT2D eigenvalue weighted by Gasteiger charge is -2.25. The van der Waals surface area contributed by atoms with Crippen LogP contribution in [0.15, 0.2) is 29.2 Å². The van der Waals surface area contributed by atoms with E-state index in [2.05, 4.69) is 10.1 Å². The third-order valence-electron chi connectivity index (χ3n) is 2.48. The van der Waals surface area contributed by atoms with E-state index in [-0.39, 0.29) is 11.5 Å². The summed E-state index contributed by atoms with van der Waals surface area (Å²) in [5, 5.41) is 0.299. The van der Waals surface area contributed by atoms with Crippen molar-refractivity contribution in [3.05, 3.63) is 29.8 Å². The number of rotatable bonds is 4. The van der Waals surface area contributed by atoms with Crippen molar-refractivity contribution < 1.29 is 17.9 Å². The van der Waals surface area contributed by atoms with Gasteiger partial charge in [-0.05, 0) is 26.0 Å². The predicted molar refractivity (Wildman–Crippen MR) is 82.6 cm³/mol. The maximum Gasteiger partial charge on any atom is 0.408 e. The molecule has 1 amide bonds. The van der Waals surface area contributed by atoms with Crippen LogP contribution in [0.2, 0.25) is 0 Å². The molecule has 0 bridgehead atoms. The van der Waals surface area contributed by atoms with Crippen molar-refractivity contribution in [3.8, 4) is 0 Å². The fourth-order valence-electron chi connectivity index (χ4n) is 1.48. The number of benzene rings is 1. The number of carbonyl (C=O) groups excluding carboxylic acids is 1. The molecule has 0 saturated heterocycles. The zero-order chi connectivity index (χ0) is 16.3. The van der Waals surface area contributed by atoms with Gasteiger partial charge < -0.3 is 10.1 Å². The molecule has 1 N–H and O–H groups in total. The summed E-state index contributed by atoms with van der Waals surface area (Å²) in [7, 11) is -4.10. The number of aryl methyl sites for hydroxylation is 1. The van der Waals surface area contributed by atoms with Crippen LogP contribution >= 0.6 is 34.8 Å². The molecule has 0 saturated carbocycles. The third-order valence-corrected chi connectivity index (χ3v) is 5.55. The largest absolute Gasteiger partial charge is 0.450 e. The Morgan fingerprint density at radius 3 is 2.24 bits per heavy atom. The lowest BCUT2D eigenvalue weighted by atomic mass is 10.2. The molecule has 0 fully saturated rings. The van der Waals surface area contributed by atoms with Crippen molar-refractivity contribution in [1.82, 2.24) is 5.32 Å². The second-order valence-electron chi connectivity index (χ2n) is 4.14. The Kier molecular flexibility index (Phi) is 6.16. The van der Waals surface area contributed by atoms with Crippen molar-refractivity contribution in [3.63, 3.8) is 0 Å². The summed E-state index contributed by atoms with van der Waals surface area (Å²) < 4.78 is 27.4. The second-order valence-corrected chi connectivity index (χ2v) is 8.55.